The fourth-order valence-corrected chi connectivity index (χ4v) is 4.95. The zero-order chi connectivity index (χ0) is 33.9. The standard InChI is InChI=1S/C32H38N4O10/c1-6-17-32(29(40)42-5)18-23(43-27(38)20-13-9-7-10-14-20)24(35-30(41)46-31(2,3)4)26(45-32)25(22(37)19-34-36-33)44-28(39)21-15-11-8-12-16-21/h6-16,22-26,37H,1,17-19H2,2-5H3,(H,35,41)/t22-,23+,24-,25-,26-,32-/m1/s1. The van der Waals surface area contributed by atoms with Crippen molar-refractivity contribution in [2.75, 3.05) is 13.7 Å². The number of rotatable bonds is 12. The molecule has 0 saturated carbocycles. The highest BCUT2D eigenvalue weighted by Gasteiger charge is 2.57. The fraction of sp³-hybridized carbons (Fsp3) is 0.438. The summed E-state index contributed by atoms with van der Waals surface area (Å²) < 4.78 is 28.6. The zero-order valence-electron chi connectivity index (χ0n) is 26.0. The largest absolute Gasteiger partial charge is 0.467 e. The minimum Gasteiger partial charge on any atom is -0.467 e. The molecule has 3 rings (SSSR count). The van der Waals surface area contributed by atoms with Crippen LogP contribution < -0.4 is 5.32 Å². The molecule has 14 heteroatoms. The smallest absolute Gasteiger partial charge is 0.408 e. The number of hydrogen-bond donors (Lipinski definition) is 2. The summed E-state index contributed by atoms with van der Waals surface area (Å²) >= 11 is 0. The number of amides is 1. The number of ether oxygens (including phenoxy) is 5. The van der Waals surface area contributed by atoms with Gasteiger partial charge in [0.2, 0.25) is 0 Å². The van der Waals surface area contributed by atoms with E-state index in [-0.39, 0.29) is 24.0 Å². The number of azide groups is 1. The van der Waals surface area contributed by atoms with Gasteiger partial charge in [0.05, 0.1) is 36.9 Å². The van der Waals surface area contributed by atoms with Gasteiger partial charge in [-0.05, 0) is 50.6 Å². The van der Waals surface area contributed by atoms with Crippen molar-refractivity contribution in [3.8, 4) is 0 Å². The number of carbonyl (C=O) groups excluding carboxylic acids is 4. The summed E-state index contributed by atoms with van der Waals surface area (Å²) in [4.78, 5) is 55.9. The predicted octanol–water partition coefficient (Wildman–Crippen LogP) is 4.28. The first-order chi connectivity index (χ1) is 21.8. The molecule has 0 spiro atoms. The van der Waals surface area contributed by atoms with Crippen molar-refractivity contribution < 1.29 is 48.0 Å². The lowest BCUT2D eigenvalue weighted by Gasteiger charge is -2.48. The van der Waals surface area contributed by atoms with Crippen LogP contribution in [0.3, 0.4) is 0 Å². The van der Waals surface area contributed by atoms with Crippen LogP contribution in [0.25, 0.3) is 10.4 Å². The maximum atomic E-state index is 13.4. The van der Waals surface area contributed by atoms with E-state index in [1.54, 1.807) is 57.2 Å². The number of esters is 3. The maximum Gasteiger partial charge on any atom is 0.408 e. The number of methoxy groups -OCH3 is 1. The molecule has 0 bridgehead atoms. The Labute approximate surface area is 266 Å². The maximum absolute atomic E-state index is 13.4. The van der Waals surface area contributed by atoms with E-state index in [0.29, 0.717) is 0 Å². The molecule has 2 aromatic carbocycles. The summed E-state index contributed by atoms with van der Waals surface area (Å²) in [5.41, 5.74) is 6.40. The van der Waals surface area contributed by atoms with Gasteiger partial charge in [0.15, 0.2) is 11.7 Å². The predicted molar refractivity (Wildman–Crippen MR) is 164 cm³/mol. The molecule has 14 nitrogen and oxygen atoms in total. The minimum absolute atomic E-state index is 0.105. The van der Waals surface area contributed by atoms with E-state index in [4.69, 9.17) is 29.2 Å². The average Bonchev–Trinajstić information content (AvgIpc) is 3.03. The van der Waals surface area contributed by atoms with Crippen LogP contribution in [0.1, 0.15) is 54.3 Å². The van der Waals surface area contributed by atoms with Gasteiger partial charge in [0, 0.05) is 17.8 Å². The second kappa shape index (κ2) is 15.9. The molecule has 1 heterocycles. The number of benzene rings is 2. The molecule has 1 aliphatic rings. The van der Waals surface area contributed by atoms with Gasteiger partial charge in [-0.3, -0.25) is 0 Å². The van der Waals surface area contributed by atoms with Gasteiger partial charge < -0.3 is 34.1 Å². The average molecular weight is 639 g/mol. The monoisotopic (exact) mass is 638 g/mol. The molecule has 0 aromatic heterocycles. The van der Waals surface area contributed by atoms with Gasteiger partial charge in [-0.25, -0.2) is 19.2 Å². The summed E-state index contributed by atoms with van der Waals surface area (Å²) in [5.74, 6) is -2.58. The highest BCUT2D eigenvalue weighted by molar-refractivity contribution is 5.90. The molecule has 0 aliphatic carbocycles. The quantitative estimate of drug-likeness (QED) is 0.0846. The normalized spacial score (nSPS) is 22.2. The van der Waals surface area contributed by atoms with Crippen molar-refractivity contribution in [3.05, 3.63) is 94.9 Å². The summed E-state index contributed by atoms with van der Waals surface area (Å²) in [7, 11) is 1.13. The Kier molecular flexibility index (Phi) is 12.3. The van der Waals surface area contributed by atoms with Gasteiger partial charge in [-0.1, -0.05) is 47.6 Å². The summed E-state index contributed by atoms with van der Waals surface area (Å²) in [6.07, 6.45) is -6.46. The Hall–Kier alpha value is -4.91. The second-order valence-electron chi connectivity index (χ2n) is 11.5. The van der Waals surface area contributed by atoms with Gasteiger partial charge in [-0.2, -0.15) is 0 Å². The minimum atomic E-state index is -1.88. The van der Waals surface area contributed by atoms with Crippen molar-refractivity contribution in [3.63, 3.8) is 0 Å². The highest BCUT2D eigenvalue weighted by atomic mass is 16.6. The third-order valence-electron chi connectivity index (χ3n) is 6.92. The van der Waals surface area contributed by atoms with Gasteiger partial charge >= 0.3 is 24.0 Å². The number of nitrogens with zero attached hydrogens (tertiary/aromatic N) is 3. The van der Waals surface area contributed by atoms with Gasteiger partial charge in [0.25, 0.3) is 0 Å². The van der Waals surface area contributed by atoms with Crippen molar-refractivity contribution >= 4 is 24.0 Å². The Morgan fingerprint density at radius 1 is 1.11 bits per heavy atom. The lowest BCUT2D eigenvalue weighted by atomic mass is 9.81. The second-order valence-corrected chi connectivity index (χ2v) is 11.5. The van der Waals surface area contributed by atoms with Crippen molar-refractivity contribution in [2.45, 2.75) is 75.3 Å². The molecule has 2 aromatic rings. The molecule has 2 N–H and O–H groups in total. The van der Waals surface area contributed by atoms with Gasteiger partial charge in [0.1, 0.15) is 17.8 Å². The van der Waals surface area contributed by atoms with E-state index >= 15 is 0 Å². The van der Waals surface area contributed by atoms with Crippen molar-refractivity contribution in [2.24, 2.45) is 5.11 Å². The Morgan fingerprint density at radius 2 is 1.70 bits per heavy atom. The van der Waals surface area contributed by atoms with Crippen LogP contribution in [0.4, 0.5) is 4.79 Å². The number of aliphatic hydroxyl groups excluding tert-OH is 1. The molecule has 46 heavy (non-hydrogen) atoms. The van der Waals surface area contributed by atoms with Crippen molar-refractivity contribution in [1.29, 1.82) is 0 Å². The molecule has 1 saturated heterocycles. The number of aliphatic hydroxyl groups is 1. The molecule has 0 radical (unpaired) electrons. The van der Waals surface area contributed by atoms with Crippen LogP contribution >= 0.6 is 0 Å². The SMILES string of the molecule is C=CC[C@]1(C(=O)OC)C[C@H](OC(=O)c2ccccc2)[C@@H](NC(=O)OC(C)(C)C)[C@H]([C@H](OC(=O)c2ccccc2)[C@H](O)CN=[N+]=[N-])O1. The van der Waals surface area contributed by atoms with Crippen LogP contribution in [0.5, 0.6) is 0 Å². The Morgan fingerprint density at radius 3 is 2.22 bits per heavy atom. The third-order valence-corrected chi connectivity index (χ3v) is 6.92. The van der Waals surface area contributed by atoms with Crippen molar-refractivity contribution in [1.82, 2.24) is 5.32 Å². The Balaban J connectivity index is 2.20. The summed E-state index contributed by atoms with van der Waals surface area (Å²) in [6.45, 7) is 8.02. The first-order valence-corrected chi connectivity index (χ1v) is 14.4. The first kappa shape index (κ1) is 35.6. The van der Waals surface area contributed by atoms with Crippen LogP contribution in [0.15, 0.2) is 78.4 Å². The molecule has 1 aliphatic heterocycles. The number of hydrogen-bond acceptors (Lipinski definition) is 11. The third kappa shape index (κ3) is 9.30. The molecule has 6 atom stereocenters. The summed E-state index contributed by atoms with van der Waals surface area (Å²) in [5, 5.41) is 17.3. The molecular weight excluding hydrogens is 600 g/mol. The lowest BCUT2D eigenvalue weighted by molar-refractivity contribution is -0.227. The zero-order valence-corrected chi connectivity index (χ0v) is 26.0. The fourth-order valence-electron chi connectivity index (χ4n) is 4.95. The topological polar surface area (TPSA) is 195 Å². The van der Waals surface area contributed by atoms with E-state index in [2.05, 4.69) is 21.9 Å². The van der Waals surface area contributed by atoms with E-state index in [1.165, 1.54) is 30.3 Å². The van der Waals surface area contributed by atoms with Crippen LogP contribution in [0, 0.1) is 0 Å². The van der Waals surface area contributed by atoms with Crippen LogP contribution in [-0.2, 0) is 28.5 Å². The van der Waals surface area contributed by atoms with Crippen LogP contribution in [0.2, 0.25) is 0 Å². The van der Waals surface area contributed by atoms with E-state index < -0.39 is 72.2 Å². The number of nitrogens with one attached hydrogen (secondary N) is 1. The molecule has 1 fully saturated rings. The Bertz CT molecular complexity index is 1430. The van der Waals surface area contributed by atoms with E-state index in [9.17, 15) is 24.3 Å². The number of alkyl carbamates (subject to hydrolysis) is 1. The number of carbonyl (C=O) groups is 4. The molecule has 0 unspecified atom stereocenters. The lowest BCUT2D eigenvalue weighted by Crippen LogP contribution is -2.68. The molecule has 1 amide bonds. The summed E-state index contributed by atoms with van der Waals surface area (Å²) in [6, 6.07) is 14.4. The first-order valence-electron chi connectivity index (χ1n) is 14.4. The highest BCUT2D eigenvalue weighted by Crippen LogP contribution is 2.38. The molecule has 246 valence electrons. The van der Waals surface area contributed by atoms with E-state index in [0.717, 1.165) is 7.11 Å². The molecular formula is C32H38N4O10. The van der Waals surface area contributed by atoms with E-state index in [1.807, 2.05) is 0 Å². The van der Waals surface area contributed by atoms with Crippen LogP contribution in [-0.4, -0.2) is 84.4 Å². The van der Waals surface area contributed by atoms with Gasteiger partial charge in [-0.15, -0.1) is 6.58 Å².